The molecule has 2 aromatic carbocycles. The number of hydrogen-bond acceptors (Lipinski definition) is 7. The van der Waals surface area contributed by atoms with Crippen molar-refractivity contribution in [3.8, 4) is 11.4 Å². The standard InChI is InChI=1S/C19H12ClF3N6O2S/c20-11-2-1-3-13(8-11)29-17-16(27-28-29)18(25-10-24-17)32-9-15(30)26-12-4-6-14(7-5-12)31-19(21,22)23/h1-8,10H,9H2,(H,26,30). The fourth-order valence-corrected chi connectivity index (χ4v) is 3.60. The maximum Gasteiger partial charge on any atom is 0.573 e. The van der Waals surface area contributed by atoms with E-state index in [4.69, 9.17) is 11.6 Å². The number of hydrogen-bond donors (Lipinski definition) is 1. The van der Waals surface area contributed by atoms with Gasteiger partial charge in [-0.15, -0.1) is 18.3 Å². The Morgan fingerprint density at radius 1 is 1.16 bits per heavy atom. The fraction of sp³-hybridized carbons (Fsp3) is 0.105. The van der Waals surface area contributed by atoms with Crippen LogP contribution in [0, 0.1) is 0 Å². The molecule has 0 bridgehead atoms. The second-order valence-electron chi connectivity index (χ2n) is 6.24. The van der Waals surface area contributed by atoms with E-state index in [1.807, 2.05) is 0 Å². The van der Waals surface area contributed by atoms with Gasteiger partial charge in [0.1, 0.15) is 17.1 Å². The first-order valence-corrected chi connectivity index (χ1v) is 10.3. The minimum atomic E-state index is -4.78. The molecule has 4 rings (SSSR count). The molecule has 0 aliphatic rings. The first-order chi connectivity index (χ1) is 15.3. The number of carbonyl (C=O) groups is 1. The molecule has 0 unspecified atom stereocenters. The van der Waals surface area contributed by atoms with Crippen LogP contribution in [-0.2, 0) is 4.79 Å². The number of thioether (sulfide) groups is 1. The van der Waals surface area contributed by atoms with Gasteiger partial charge in [-0.1, -0.05) is 34.6 Å². The Morgan fingerprint density at radius 2 is 1.94 bits per heavy atom. The Labute approximate surface area is 187 Å². The average molecular weight is 481 g/mol. The molecule has 1 N–H and O–H groups in total. The molecular formula is C19H12ClF3N6O2S. The molecule has 0 atom stereocenters. The van der Waals surface area contributed by atoms with Crippen molar-refractivity contribution in [1.29, 1.82) is 0 Å². The number of aromatic nitrogens is 5. The highest BCUT2D eigenvalue weighted by atomic mass is 35.5. The number of ether oxygens (including phenoxy) is 1. The zero-order chi connectivity index (χ0) is 22.7. The monoisotopic (exact) mass is 480 g/mol. The van der Waals surface area contributed by atoms with Crippen molar-refractivity contribution in [2.45, 2.75) is 11.4 Å². The summed E-state index contributed by atoms with van der Waals surface area (Å²) in [6.45, 7) is 0. The molecule has 0 fully saturated rings. The lowest BCUT2D eigenvalue weighted by Gasteiger charge is -2.10. The number of nitrogens with zero attached hydrogens (tertiary/aromatic N) is 5. The van der Waals surface area contributed by atoms with E-state index in [0.29, 0.717) is 32.6 Å². The topological polar surface area (TPSA) is 94.8 Å². The van der Waals surface area contributed by atoms with Crippen molar-refractivity contribution < 1.29 is 22.7 Å². The van der Waals surface area contributed by atoms with Crippen LogP contribution in [0.25, 0.3) is 16.9 Å². The Morgan fingerprint density at radius 3 is 2.66 bits per heavy atom. The SMILES string of the molecule is O=C(CSc1ncnc2c1nnn2-c1cccc(Cl)c1)Nc1ccc(OC(F)(F)F)cc1. The Hall–Kier alpha value is -3.38. The lowest BCUT2D eigenvalue weighted by atomic mass is 10.3. The lowest BCUT2D eigenvalue weighted by Crippen LogP contribution is -2.17. The maximum atomic E-state index is 12.3. The lowest BCUT2D eigenvalue weighted by molar-refractivity contribution is -0.274. The number of amides is 1. The van der Waals surface area contributed by atoms with Crippen molar-refractivity contribution in [2.75, 3.05) is 11.1 Å². The molecule has 0 spiro atoms. The molecule has 1 amide bonds. The Balaban J connectivity index is 1.42. The first-order valence-electron chi connectivity index (χ1n) is 8.89. The van der Waals surface area contributed by atoms with Crippen LogP contribution in [0.1, 0.15) is 0 Å². The van der Waals surface area contributed by atoms with E-state index < -0.39 is 6.36 Å². The van der Waals surface area contributed by atoms with Crippen molar-refractivity contribution in [1.82, 2.24) is 25.0 Å². The molecule has 4 aromatic rings. The van der Waals surface area contributed by atoms with Crippen LogP contribution in [0.4, 0.5) is 18.9 Å². The number of fused-ring (bicyclic) bond motifs is 1. The summed E-state index contributed by atoms with van der Waals surface area (Å²) < 4.78 is 42.0. The van der Waals surface area contributed by atoms with Crippen LogP contribution >= 0.6 is 23.4 Å². The molecule has 164 valence electrons. The van der Waals surface area contributed by atoms with Gasteiger partial charge in [-0.25, -0.2) is 9.97 Å². The second kappa shape index (κ2) is 9.01. The number of carbonyl (C=O) groups excluding carboxylic acids is 1. The molecule has 0 aliphatic carbocycles. The number of anilines is 1. The van der Waals surface area contributed by atoms with E-state index in [1.54, 1.807) is 24.3 Å². The van der Waals surface area contributed by atoms with Crippen molar-refractivity contribution in [2.24, 2.45) is 0 Å². The molecule has 0 aliphatic heterocycles. The zero-order valence-electron chi connectivity index (χ0n) is 15.9. The minimum Gasteiger partial charge on any atom is -0.406 e. The zero-order valence-corrected chi connectivity index (χ0v) is 17.4. The van der Waals surface area contributed by atoms with Gasteiger partial charge in [0, 0.05) is 10.7 Å². The van der Waals surface area contributed by atoms with Crippen LogP contribution < -0.4 is 10.1 Å². The van der Waals surface area contributed by atoms with Gasteiger partial charge in [0.2, 0.25) is 5.91 Å². The molecule has 13 heteroatoms. The summed E-state index contributed by atoms with van der Waals surface area (Å²) in [5, 5.41) is 11.8. The Kier molecular flexibility index (Phi) is 6.15. The third kappa shape index (κ3) is 5.26. The van der Waals surface area contributed by atoms with Gasteiger partial charge in [0.15, 0.2) is 11.2 Å². The molecule has 32 heavy (non-hydrogen) atoms. The Bertz CT molecular complexity index is 1270. The maximum absolute atomic E-state index is 12.3. The molecule has 2 heterocycles. The van der Waals surface area contributed by atoms with Crippen LogP contribution in [-0.4, -0.2) is 43.0 Å². The third-order valence-electron chi connectivity index (χ3n) is 3.97. The van der Waals surface area contributed by atoms with Crippen LogP contribution in [0.15, 0.2) is 59.9 Å². The van der Waals surface area contributed by atoms with E-state index in [0.717, 1.165) is 23.9 Å². The van der Waals surface area contributed by atoms with Crippen LogP contribution in [0.2, 0.25) is 5.02 Å². The summed E-state index contributed by atoms with van der Waals surface area (Å²) in [4.78, 5) is 20.6. The van der Waals surface area contributed by atoms with Gasteiger partial charge >= 0.3 is 6.36 Å². The number of nitrogens with one attached hydrogen (secondary N) is 1. The molecule has 0 saturated carbocycles. The van der Waals surface area contributed by atoms with E-state index in [-0.39, 0.29) is 17.4 Å². The van der Waals surface area contributed by atoms with Gasteiger partial charge in [-0.05, 0) is 42.5 Å². The number of halogens is 4. The molecular weight excluding hydrogens is 469 g/mol. The van der Waals surface area contributed by atoms with Crippen molar-refractivity contribution in [3.05, 3.63) is 59.9 Å². The summed E-state index contributed by atoms with van der Waals surface area (Å²) in [7, 11) is 0. The average Bonchev–Trinajstić information content (AvgIpc) is 3.17. The quantitative estimate of drug-likeness (QED) is 0.321. The number of rotatable bonds is 6. The van der Waals surface area contributed by atoms with E-state index >= 15 is 0 Å². The largest absolute Gasteiger partial charge is 0.573 e. The molecule has 0 saturated heterocycles. The van der Waals surface area contributed by atoms with Crippen molar-refractivity contribution in [3.63, 3.8) is 0 Å². The minimum absolute atomic E-state index is 0.0169. The van der Waals surface area contributed by atoms with Gasteiger partial charge < -0.3 is 10.1 Å². The summed E-state index contributed by atoms with van der Waals surface area (Å²) >= 11 is 7.15. The predicted molar refractivity (Wildman–Crippen MR) is 112 cm³/mol. The smallest absolute Gasteiger partial charge is 0.406 e. The van der Waals surface area contributed by atoms with Gasteiger partial charge in [0.25, 0.3) is 0 Å². The summed E-state index contributed by atoms with van der Waals surface area (Å²) in [6.07, 6.45) is -3.44. The molecule has 0 radical (unpaired) electrons. The highest BCUT2D eigenvalue weighted by Gasteiger charge is 2.31. The summed E-state index contributed by atoms with van der Waals surface area (Å²) in [5.41, 5.74) is 1.86. The summed E-state index contributed by atoms with van der Waals surface area (Å²) in [6, 6.07) is 11.9. The molecule has 2 aromatic heterocycles. The van der Waals surface area contributed by atoms with Crippen LogP contribution in [0.3, 0.4) is 0 Å². The highest BCUT2D eigenvalue weighted by Crippen LogP contribution is 2.26. The normalized spacial score (nSPS) is 11.5. The second-order valence-corrected chi connectivity index (χ2v) is 7.64. The van der Waals surface area contributed by atoms with Crippen LogP contribution in [0.5, 0.6) is 5.75 Å². The highest BCUT2D eigenvalue weighted by molar-refractivity contribution is 8.00. The molecule has 8 nitrogen and oxygen atoms in total. The van der Waals surface area contributed by atoms with Crippen molar-refractivity contribution >= 4 is 46.1 Å². The predicted octanol–water partition coefficient (Wildman–Crippen LogP) is 4.49. The number of benzene rings is 2. The number of alkyl halides is 3. The first kappa shape index (κ1) is 21.8. The fourth-order valence-electron chi connectivity index (χ4n) is 2.69. The van der Waals surface area contributed by atoms with E-state index in [9.17, 15) is 18.0 Å². The van der Waals surface area contributed by atoms with E-state index in [2.05, 4.69) is 30.3 Å². The van der Waals surface area contributed by atoms with Gasteiger partial charge in [-0.2, -0.15) is 4.68 Å². The van der Waals surface area contributed by atoms with Gasteiger partial charge in [-0.3, -0.25) is 4.79 Å². The summed E-state index contributed by atoms with van der Waals surface area (Å²) in [5.74, 6) is -0.777. The van der Waals surface area contributed by atoms with Gasteiger partial charge in [0.05, 0.1) is 11.4 Å². The third-order valence-corrected chi connectivity index (χ3v) is 5.18. The van der Waals surface area contributed by atoms with E-state index in [1.165, 1.54) is 23.1 Å².